The second kappa shape index (κ2) is 18.4. The minimum Gasteiger partial charge on any atom is -0.673 e. The maximum Gasteiger partial charge on any atom is 0.326 e. The van der Waals surface area contributed by atoms with E-state index in [-0.39, 0.29) is 19.4 Å². The smallest absolute Gasteiger partial charge is 0.326 e. The number of hydrogen-bond donors (Lipinski definition) is 7. The van der Waals surface area contributed by atoms with Crippen molar-refractivity contribution in [3.8, 4) is 0 Å². The van der Waals surface area contributed by atoms with Gasteiger partial charge in [-0.05, 0) is 31.2 Å². The number of benzene rings is 1. The molecular weight excluding hydrogens is 552 g/mol. The number of carboxylic acid groups (broad SMARTS) is 1. The number of nitrogens with two attached hydrogens (primary N) is 1. The summed E-state index contributed by atoms with van der Waals surface area (Å²) in [5, 5.41) is 32.8. The van der Waals surface area contributed by atoms with Gasteiger partial charge in [-0.1, -0.05) is 75.8 Å². The van der Waals surface area contributed by atoms with E-state index in [1.54, 1.807) is 13.8 Å². The van der Waals surface area contributed by atoms with Crippen molar-refractivity contribution < 1.29 is 29.7 Å². The summed E-state index contributed by atoms with van der Waals surface area (Å²) in [6.07, 6.45) is 10.4. The Balaban J connectivity index is 0.000000385. The Hall–Kier alpha value is -3.32. The fraction of sp³-hybridized carbons (Fsp3) is 0.613. The number of aromatic amines is 1. The lowest BCUT2D eigenvalue weighted by atomic mass is 9.83. The van der Waals surface area contributed by atoms with Crippen LogP contribution in [0, 0.1) is 5.92 Å². The quantitative estimate of drug-likeness (QED) is 0.161. The first-order valence-electron chi connectivity index (χ1n) is 15.1. The van der Waals surface area contributed by atoms with Gasteiger partial charge in [0.1, 0.15) is 12.1 Å². The number of nitrogens with zero attached hydrogens (tertiary/aromatic N) is 1. The van der Waals surface area contributed by atoms with Crippen LogP contribution < -0.4 is 16.4 Å². The molecule has 1 aromatic heterocycles. The van der Waals surface area contributed by atoms with Gasteiger partial charge in [-0.25, -0.2) is 9.78 Å². The largest absolute Gasteiger partial charge is 0.673 e. The van der Waals surface area contributed by atoms with Crippen LogP contribution in [-0.4, -0.2) is 79.4 Å². The predicted octanol–water partition coefficient (Wildman–Crippen LogP) is 2.50. The van der Waals surface area contributed by atoms with E-state index in [4.69, 9.17) is 16.6 Å². The molecule has 0 spiro atoms. The zero-order chi connectivity index (χ0) is 31.8. The van der Waals surface area contributed by atoms with Crippen LogP contribution in [0.15, 0.2) is 42.9 Å². The normalized spacial score (nSPS) is 17.7. The summed E-state index contributed by atoms with van der Waals surface area (Å²) >= 11 is 0. The fourth-order valence-electron chi connectivity index (χ4n) is 4.90. The third-order valence-electron chi connectivity index (χ3n) is 7.95. The average molecular weight is 602 g/mol. The molecule has 2 aromatic rings. The van der Waals surface area contributed by atoms with Crippen LogP contribution >= 0.6 is 0 Å². The van der Waals surface area contributed by atoms with Crippen molar-refractivity contribution in [1.82, 2.24) is 20.6 Å². The Morgan fingerprint density at radius 3 is 2.35 bits per heavy atom. The molecule has 1 aliphatic rings. The van der Waals surface area contributed by atoms with Crippen LogP contribution in [0.3, 0.4) is 0 Å². The molecule has 9 N–H and O–H groups in total. The average Bonchev–Trinajstić information content (AvgIpc) is 3.51. The second-order valence-electron chi connectivity index (χ2n) is 11.6. The highest BCUT2D eigenvalue weighted by Gasteiger charge is 2.32. The van der Waals surface area contributed by atoms with Crippen molar-refractivity contribution in [1.29, 1.82) is 0 Å². The number of aliphatic hydroxyl groups excluding tert-OH is 2. The number of nitrogens with one attached hydrogen (secondary N) is 4. The molecule has 3 rings (SSSR count). The van der Waals surface area contributed by atoms with E-state index in [1.807, 2.05) is 30.3 Å². The van der Waals surface area contributed by atoms with Crippen molar-refractivity contribution in [2.24, 2.45) is 11.7 Å². The molecule has 5 atom stereocenters. The number of imidazole rings is 1. The summed E-state index contributed by atoms with van der Waals surface area (Å²) in [6.45, 7) is 3.34. The molecule has 1 heterocycles. The highest BCUT2D eigenvalue weighted by Crippen LogP contribution is 2.29. The highest BCUT2D eigenvalue weighted by atomic mass is 16.4. The molecule has 1 aromatic carbocycles. The molecule has 43 heavy (non-hydrogen) atoms. The van der Waals surface area contributed by atoms with Crippen LogP contribution in [0.25, 0.3) is 5.73 Å². The first-order chi connectivity index (χ1) is 20.5. The number of aliphatic carboxylic acids is 1. The summed E-state index contributed by atoms with van der Waals surface area (Å²) in [5.74, 6) is -1.62. The van der Waals surface area contributed by atoms with E-state index < -0.39 is 47.6 Å². The summed E-state index contributed by atoms with van der Waals surface area (Å²) in [5.41, 5.74) is 14.0. The maximum absolute atomic E-state index is 12.9. The number of carboxylic acids is 1. The molecule has 0 radical (unpaired) electrons. The monoisotopic (exact) mass is 601 g/mol. The Bertz CT molecular complexity index is 1090. The number of hydrogen-bond acceptors (Lipinski definition) is 7. The van der Waals surface area contributed by atoms with Crippen LogP contribution in [0.4, 0.5) is 0 Å². The van der Waals surface area contributed by atoms with Crippen molar-refractivity contribution >= 4 is 17.8 Å². The number of carbonyl (C=O) groups is 3. The molecule has 1 aliphatic carbocycles. The molecule has 0 unspecified atom stereocenters. The molecular formula is C31H49N6O6-. The number of amides is 2. The van der Waals surface area contributed by atoms with E-state index >= 15 is 0 Å². The molecule has 1 fully saturated rings. The van der Waals surface area contributed by atoms with Crippen LogP contribution in [0.1, 0.15) is 76.5 Å². The molecule has 2 amide bonds. The first-order valence-corrected chi connectivity index (χ1v) is 15.1. The van der Waals surface area contributed by atoms with Gasteiger partial charge in [0.25, 0.3) is 0 Å². The van der Waals surface area contributed by atoms with Gasteiger partial charge in [0, 0.05) is 37.4 Å². The van der Waals surface area contributed by atoms with Gasteiger partial charge in [-0.3, -0.25) is 9.59 Å². The van der Waals surface area contributed by atoms with Gasteiger partial charge in [0.2, 0.25) is 11.8 Å². The minimum absolute atomic E-state index is 0.0127. The standard InChI is InChI=1S/C20H27N5O4.C11H22NO2/c1-3-20(2,21)19(29)25-15(9-13-7-5-4-6-8-13)17(26)24-16(18(27)28)10-14-11-22-12-23-14;12-10(11(14)6-7-13)8-9-4-2-1-3-5-9/h4-8,11-12,15-16H,3,9-10,21H2,1-2H3,(H,22,23)(H,24,26)(H,25,29)(H,27,28);9-14H,1-8H2/q;-1/t15-,16-,20-;10-,11-/m00/s1. The van der Waals surface area contributed by atoms with Crippen molar-refractivity contribution in [2.45, 2.75) is 108 Å². The van der Waals surface area contributed by atoms with E-state index in [1.165, 1.54) is 44.6 Å². The van der Waals surface area contributed by atoms with E-state index in [0.29, 0.717) is 24.5 Å². The zero-order valence-corrected chi connectivity index (χ0v) is 25.3. The summed E-state index contributed by atoms with van der Waals surface area (Å²) < 4.78 is 0. The molecule has 0 saturated heterocycles. The van der Waals surface area contributed by atoms with Crippen molar-refractivity contribution in [3.05, 3.63) is 59.8 Å². The van der Waals surface area contributed by atoms with E-state index in [9.17, 15) is 24.6 Å². The van der Waals surface area contributed by atoms with Crippen molar-refractivity contribution in [3.63, 3.8) is 0 Å². The molecule has 0 bridgehead atoms. The van der Waals surface area contributed by atoms with Gasteiger partial charge in [-0.2, -0.15) is 0 Å². The summed E-state index contributed by atoms with van der Waals surface area (Å²) in [7, 11) is 0. The number of carbonyl (C=O) groups excluding carboxylic acids is 2. The molecule has 240 valence electrons. The van der Waals surface area contributed by atoms with Crippen LogP contribution in [0.2, 0.25) is 0 Å². The highest BCUT2D eigenvalue weighted by molar-refractivity contribution is 5.93. The Morgan fingerprint density at radius 1 is 1.12 bits per heavy atom. The fourth-order valence-corrected chi connectivity index (χ4v) is 4.90. The van der Waals surface area contributed by atoms with Crippen LogP contribution in [0.5, 0.6) is 0 Å². The summed E-state index contributed by atoms with van der Waals surface area (Å²) in [6, 6.07) is 6.60. The molecule has 12 heteroatoms. The van der Waals surface area contributed by atoms with Gasteiger partial charge in [0.15, 0.2) is 0 Å². The lowest BCUT2D eigenvalue weighted by Gasteiger charge is -2.32. The van der Waals surface area contributed by atoms with E-state index in [0.717, 1.165) is 12.0 Å². The Morgan fingerprint density at radius 2 is 1.79 bits per heavy atom. The number of aliphatic hydroxyl groups is 2. The second-order valence-corrected chi connectivity index (χ2v) is 11.6. The maximum atomic E-state index is 12.9. The molecule has 12 nitrogen and oxygen atoms in total. The molecule has 0 aliphatic heterocycles. The SMILES string of the molecule is CC[C@](C)(N)C(=O)N[C@@H](Cc1ccccc1)C(=O)N[C@@H](Cc1cnc[nH]1)C(=O)O.[NH-][C@@H](CC1CCCCC1)[C@@H](O)CCO. The minimum atomic E-state index is -1.19. The number of H-pyrrole nitrogens is 1. The van der Waals surface area contributed by atoms with Gasteiger partial charge >= 0.3 is 5.97 Å². The van der Waals surface area contributed by atoms with Gasteiger partial charge < -0.3 is 42.4 Å². The Kier molecular flexibility index (Phi) is 15.3. The third-order valence-corrected chi connectivity index (χ3v) is 7.95. The van der Waals surface area contributed by atoms with Crippen molar-refractivity contribution in [2.75, 3.05) is 6.61 Å². The van der Waals surface area contributed by atoms with E-state index in [2.05, 4.69) is 20.6 Å². The zero-order valence-electron chi connectivity index (χ0n) is 25.3. The summed E-state index contributed by atoms with van der Waals surface area (Å²) in [4.78, 5) is 43.7. The topological polar surface area (TPSA) is 214 Å². The lowest BCUT2D eigenvalue weighted by molar-refractivity contribution is -0.142. The predicted molar refractivity (Wildman–Crippen MR) is 164 cm³/mol. The van der Waals surface area contributed by atoms with Gasteiger partial charge in [-0.15, -0.1) is 6.04 Å². The third kappa shape index (κ3) is 12.8. The lowest BCUT2D eigenvalue weighted by Crippen LogP contribution is -2.59. The Labute approximate surface area is 254 Å². The molecule has 1 saturated carbocycles. The number of rotatable bonds is 15. The van der Waals surface area contributed by atoms with Crippen LogP contribution in [-0.2, 0) is 27.2 Å². The first kappa shape index (κ1) is 35.9. The number of aromatic nitrogens is 2. The van der Waals surface area contributed by atoms with Gasteiger partial charge in [0.05, 0.1) is 11.9 Å².